The van der Waals surface area contributed by atoms with Crippen LogP contribution in [0.2, 0.25) is 0 Å². The number of thioether (sulfide) groups is 1. The summed E-state index contributed by atoms with van der Waals surface area (Å²) in [7, 11) is 0. The summed E-state index contributed by atoms with van der Waals surface area (Å²) in [4.78, 5) is 15.3. The van der Waals surface area contributed by atoms with Crippen LogP contribution in [0.15, 0.2) is 10.5 Å². The Kier molecular flexibility index (Phi) is 5.35. The minimum Gasteiger partial charge on any atom is -0.481 e. The second-order valence-electron chi connectivity index (χ2n) is 4.70. The molecule has 6 nitrogen and oxygen atoms in total. The third-order valence-electron chi connectivity index (χ3n) is 2.91. The second-order valence-corrected chi connectivity index (χ2v) is 6.54. The van der Waals surface area contributed by atoms with Crippen LogP contribution in [0.5, 0.6) is 0 Å². The number of carboxylic acid groups (broad SMARTS) is 1. The third-order valence-corrected chi connectivity index (χ3v) is 4.98. The molecule has 0 aromatic carbocycles. The third kappa shape index (κ3) is 3.82. The Bertz CT molecular complexity index is 623. The van der Waals surface area contributed by atoms with E-state index in [2.05, 4.69) is 22.1 Å². The summed E-state index contributed by atoms with van der Waals surface area (Å²) in [6.07, 6.45) is 1.78. The van der Waals surface area contributed by atoms with E-state index in [-0.39, 0.29) is 11.8 Å². The molecule has 114 valence electrons. The number of aryl methyl sites for hydroxylation is 2. The standard InChI is InChI=1S/C13H18N4O2S2/c1-4-5-10-15-16-13(21-7-11(18)19)17(10)9(3)12-14-8(2)6-20-12/h6,9H,4-5,7H2,1-3H3,(H,18,19). The van der Waals surface area contributed by atoms with E-state index in [1.165, 1.54) is 11.8 Å². The summed E-state index contributed by atoms with van der Waals surface area (Å²) in [5.41, 5.74) is 0.992. The molecule has 1 N–H and O–H groups in total. The quantitative estimate of drug-likeness (QED) is 0.788. The van der Waals surface area contributed by atoms with Crippen LogP contribution in [0.4, 0.5) is 0 Å². The highest BCUT2D eigenvalue weighted by molar-refractivity contribution is 7.99. The predicted octanol–water partition coefficient (Wildman–Crippen LogP) is 2.78. The average Bonchev–Trinajstić information content (AvgIpc) is 3.03. The second kappa shape index (κ2) is 7.04. The zero-order chi connectivity index (χ0) is 15.4. The van der Waals surface area contributed by atoms with Gasteiger partial charge in [-0.25, -0.2) is 4.98 Å². The van der Waals surface area contributed by atoms with Crippen molar-refractivity contribution in [2.75, 3.05) is 5.75 Å². The van der Waals surface area contributed by atoms with Crippen LogP contribution in [0.3, 0.4) is 0 Å². The normalized spacial score (nSPS) is 12.5. The highest BCUT2D eigenvalue weighted by Crippen LogP contribution is 2.28. The summed E-state index contributed by atoms with van der Waals surface area (Å²) in [5.74, 6) is 0.00326. The maximum absolute atomic E-state index is 10.8. The van der Waals surface area contributed by atoms with Crippen LogP contribution in [0, 0.1) is 6.92 Å². The molecule has 0 aliphatic carbocycles. The molecule has 2 aromatic rings. The van der Waals surface area contributed by atoms with Gasteiger partial charge in [-0.3, -0.25) is 9.36 Å². The van der Waals surface area contributed by atoms with Crippen molar-refractivity contribution in [2.45, 2.75) is 44.8 Å². The first-order valence-electron chi connectivity index (χ1n) is 6.73. The Balaban J connectivity index is 2.33. The van der Waals surface area contributed by atoms with Crippen molar-refractivity contribution in [3.8, 4) is 0 Å². The molecule has 0 fully saturated rings. The van der Waals surface area contributed by atoms with Gasteiger partial charge < -0.3 is 5.11 Å². The van der Waals surface area contributed by atoms with Gasteiger partial charge in [0.15, 0.2) is 5.16 Å². The number of aromatic nitrogens is 4. The van der Waals surface area contributed by atoms with Crippen LogP contribution in [-0.2, 0) is 11.2 Å². The number of thiazole rings is 1. The lowest BCUT2D eigenvalue weighted by atomic mass is 10.3. The van der Waals surface area contributed by atoms with Crippen molar-refractivity contribution in [3.05, 3.63) is 21.9 Å². The molecule has 2 heterocycles. The maximum Gasteiger partial charge on any atom is 0.313 e. The minimum absolute atomic E-state index is 0.0107. The van der Waals surface area contributed by atoms with Crippen molar-refractivity contribution in [1.82, 2.24) is 19.7 Å². The van der Waals surface area contributed by atoms with Gasteiger partial charge in [0, 0.05) is 17.5 Å². The molecule has 8 heteroatoms. The lowest BCUT2D eigenvalue weighted by Crippen LogP contribution is -2.13. The van der Waals surface area contributed by atoms with Gasteiger partial charge in [-0.15, -0.1) is 21.5 Å². The summed E-state index contributed by atoms with van der Waals surface area (Å²) in [5, 5.41) is 20.9. The molecule has 2 aromatic heterocycles. The molecule has 0 radical (unpaired) electrons. The molecule has 0 saturated carbocycles. The summed E-state index contributed by atoms with van der Waals surface area (Å²) in [6, 6.07) is 0.0107. The average molecular weight is 326 g/mol. The first kappa shape index (κ1) is 16.0. The van der Waals surface area contributed by atoms with Crippen molar-refractivity contribution in [3.63, 3.8) is 0 Å². The molecule has 0 aliphatic rings. The lowest BCUT2D eigenvalue weighted by Gasteiger charge is -2.15. The van der Waals surface area contributed by atoms with Crippen LogP contribution in [-0.4, -0.2) is 36.6 Å². The fraction of sp³-hybridized carbons (Fsp3) is 0.538. The number of nitrogens with zero attached hydrogens (tertiary/aromatic N) is 4. The highest BCUT2D eigenvalue weighted by Gasteiger charge is 2.21. The SMILES string of the molecule is CCCc1nnc(SCC(=O)O)n1C(C)c1nc(C)cs1. The largest absolute Gasteiger partial charge is 0.481 e. The highest BCUT2D eigenvalue weighted by atomic mass is 32.2. The molecular weight excluding hydrogens is 308 g/mol. The molecule has 1 unspecified atom stereocenters. The Hall–Kier alpha value is -1.41. The van der Waals surface area contributed by atoms with Crippen LogP contribution in [0.25, 0.3) is 0 Å². The van der Waals surface area contributed by atoms with Gasteiger partial charge >= 0.3 is 5.97 Å². The van der Waals surface area contributed by atoms with Gasteiger partial charge in [-0.1, -0.05) is 18.7 Å². The summed E-state index contributed by atoms with van der Waals surface area (Å²) >= 11 is 2.80. The molecule has 0 spiro atoms. The van der Waals surface area contributed by atoms with Crippen molar-refractivity contribution in [2.24, 2.45) is 0 Å². The zero-order valence-electron chi connectivity index (χ0n) is 12.2. The Morgan fingerprint density at radius 2 is 2.29 bits per heavy atom. The Morgan fingerprint density at radius 3 is 2.86 bits per heavy atom. The fourth-order valence-corrected chi connectivity index (χ4v) is 3.59. The van der Waals surface area contributed by atoms with E-state index in [1.54, 1.807) is 11.3 Å². The maximum atomic E-state index is 10.8. The first-order valence-corrected chi connectivity index (χ1v) is 8.59. The van der Waals surface area contributed by atoms with E-state index in [4.69, 9.17) is 5.11 Å². The lowest BCUT2D eigenvalue weighted by molar-refractivity contribution is -0.133. The Morgan fingerprint density at radius 1 is 1.52 bits per heavy atom. The van der Waals surface area contributed by atoms with Gasteiger partial charge in [0.05, 0.1) is 11.8 Å². The number of carbonyl (C=O) groups is 1. The van der Waals surface area contributed by atoms with Gasteiger partial charge in [-0.05, 0) is 20.3 Å². The van der Waals surface area contributed by atoms with Crippen LogP contribution in [0.1, 0.15) is 42.8 Å². The van der Waals surface area contributed by atoms with Gasteiger partial charge in [0.25, 0.3) is 0 Å². The van der Waals surface area contributed by atoms with E-state index in [9.17, 15) is 4.79 Å². The molecule has 1 atom stereocenters. The van der Waals surface area contributed by atoms with Crippen molar-refractivity contribution in [1.29, 1.82) is 0 Å². The number of hydrogen-bond acceptors (Lipinski definition) is 6. The van der Waals surface area contributed by atoms with Crippen molar-refractivity contribution < 1.29 is 9.90 Å². The summed E-state index contributed by atoms with van der Waals surface area (Å²) < 4.78 is 2.01. The molecule has 0 aliphatic heterocycles. The van der Waals surface area contributed by atoms with E-state index in [0.29, 0.717) is 5.16 Å². The van der Waals surface area contributed by atoms with Gasteiger partial charge in [-0.2, -0.15) is 0 Å². The molecule has 21 heavy (non-hydrogen) atoms. The van der Waals surface area contributed by atoms with Crippen LogP contribution >= 0.6 is 23.1 Å². The zero-order valence-corrected chi connectivity index (χ0v) is 13.9. The Labute approximate surface area is 131 Å². The van der Waals surface area contributed by atoms with E-state index in [1.807, 2.05) is 23.8 Å². The van der Waals surface area contributed by atoms with Gasteiger partial charge in [0.1, 0.15) is 10.8 Å². The fourth-order valence-electron chi connectivity index (χ4n) is 1.99. The predicted molar refractivity (Wildman–Crippen MR) is 83.0 cm³/mol. The molecule has 0 saturated heterocycles. The summed E-state index contributed by atoms with van der Waals surface area (Å²) in [6.45, 7) is 6.10. The topological polar surface area (TPSA) is 80.9 Å². The van der Waals surface area contributed by atoms with Crippen molar-refractivity contribution >= 4 is 29.1 Å². The molecule has 0 amide bonds. The number of hydrogen-bond donors (Lipinski definition) is 1. The number of aliphatic carboxylic acids is 1. The van der Waals surface area contributed by atoms with Crippen LogP contribution < -0.4 is 0 Å². The number of rotatable bonds is 7. The van der Waals surface area contributed by atoms with E-state index in [0.717, 1.165) is 29.4 Å². The number of carboxylic acids is 1. The van der Waals surface area contributed by atoms with Gasteiger partial charge in [0.2, 0.25) is 0 Å². The molecular formula is C13H18N4O2S2. The minimum atomic E-state index is -0.857. The monoisotopic (exact) mass is 326 g/mol. The molecule has 2 rings (SSSR count). The first-order chi connectivity index (χ1) is 10.0. The smallest absolute Gasteiger partial charge is 0.313 e. The van der Waals surface area contributed by atoms with E-state index < -0.39 is 5.97 Å². The molecule has 0 bridgehead atoms. The van der Waals surface area contributed by atoms with E-state index >= 15 is 0 Å².